The van der Waals surface area contributed by atoms with Gasteiger partial charge in [0.05, 0.1) is 18.2 Å². The van der Waals surface area contributed by atoms with Crippen molar-refractivity contribution in [3.05, 3.63) is 95.6 Å². The molecule has 1 aliphatic heterocycles. The number of hydrogen-bond donors (Lipinski definition) is 1. The maximum atomic E-state index is 13.2. The molecule has 1 atom stereocenters. The van der Waals surface area contributed by atoms with Crippen LogP contribution in [0.5, 0.6) is 0 Å². The van der Waals surface area contributed by atoms with E-state index in [1.54, 1.807) is 12.1 Å². The smallest absolute Gasteiger partial charge is 0.417 e. The number of halogens is 3. The van der Waals surface area contributed by atoms with Crippen LogP contribution in [0.3, 0.4) is 0 Å². The van der Waals surface area contributed by atoms with Crippen LogP contribution in [-0.4, -0.2) is 50.1 Å². The third-order valence-corrected chi connectivity index (χ3v) is 6.19. The number of carbonyl (C=O) groups is 2. The largest absolute Gasteiger partial charge is 0.468 e. The van der Waals surface area contributed by atoms with Gasteiger partial charge in [-0.1, -0.05) is 42.5 Å². The van der Waals surface area contributed by atoms with Gasteiger partial charge in [0.2, 0.25) is 0 Å². The molecule has 0 bridgehead atoms. The first kappa shape index (κ1) is 25.2. The zero-order valence-electron chi connectivity index (χ0n) is 19.7. The zero-order chi connectivity index (χ0) is 25.7. The second-order valence-corrected chi connectivity index (χ2v) is 8.40. The summed E-state index contributed by atoms with van der Waals surface area (Å²) in [6, 6.07) is 20.7. The number of amides is 1. The number of piperazine rings is 1. The summed E-state index contributed by atoms with van der Waals surface area (Å²) >= 11 is 0. The first-order valence-electron chi connectivity index (χ1n) is 11.5. The van der Waals surface area contributed by atoms with Gasteiger partial charge < -0.3 is 15.0 Å². The van der Waals surface area contributed by atoms with Crippen LogP contribution < -0.4 is 10.2 Å². The van der Waals surface area contributed by atoms with Gasteiger partial charge in [-0.2, -0.15) is 13.2 Å². The third kappa shape index (κ3) is 5.68. The molecule has 188 valence electrons. The van der Waals surface area contributed by atoms with Crippen molar-refractivity contribution >= 4 is 23.3 Å². The van der Waals surface area contributed by atoms with Gasteiger partial charge in [0.15, 0.2) is 0 Å². The molecule has 0 aromatic heterocycles. The monoisotopic (exact) mass is 497 g/mol. The quantitative estimate of drug-likeness (QED) is 0.486. The number of rotatable bonds is 6. The number of hydrogen-bond acceptors (Lipinski definition) is 5. The minimum atomic E-state index is -4.62. The number of alkyl halides is 3. The van der Waals surface area contributed by atoms with Crippen LogP contribution in [-0.2, 0) is 15.7 Å². The first-order valence-corrected chi connectivity index (χ1v) is 11.5. The fourth-order valence-electron chi connectivity index (χ4n) is 4.36. The van der Waals surface area contributed by atoms with Crippen LogP contribution in [0.4, 0.5) is 24.5 Å². The van der Waals surface area contributed by atoms with Gasteiger partial charge in [0.1, 0.15) is 6.04 Å². The summed E-state index contributed by atoms with van der Waals surface area (Å²) in [6.45, 7) is 2.62. The Hall–Kier alpha value is -3.85. The van der Waals surface area contributed by atoms with Crippen LogP contribution in [0.1, 0.15) is 27.5 Å². The van der Waals surface area contributed by atoms with Crippen molar-refractivity contribution in [2.75, 3.05) is 43.5 Å². The third-order valence-electron chi connectivity index (χ3n) is 6.19. The highest BCUT2D eigenvalue weighted by molar-refractivity contribution is 6.05. The normalized spacial score (nSPS) is 15.3. The van der Waals surface area contributed by atoms with Gasteiger partial charge in [0, 0.05) is 37.6 Å². The summed E-state index contributed by atoms with van der Waals surface area (Å²) in [5, 5.41) is 2.54. The molecule has 36 heavy (non-hydrogen) atoms. The Morgan fingerprint density at radius 2 is 1.47 bits per heavy atom. The van der Waals surface area contributed by atoms with Crippen LogP contribution >= 0.6 is 0 Å². The van der Waals surface area contributed by atoms with Gasteiger partial charge in [-0.3, -0.25) is 9.69 Å². The Bertz CT molecular complexity index is 1190. The van der Waals surface area contributed by atoms with E-state index >= 15 is 0 Å². The van der Waals surface area contributed by atoms with Crippen molar-refractivity contribution in [3.63, 3.8) is 0 Å². The Kier molecular flexibility index (Phi) is 7.59. The van der Waals surface area contributed by atoms with Gasteiger partial charge in [-0.05, 0) is 42.0 Å². The molecule has 9 heteroatoms. The Balaban J connectivity index is 1.40. The van der Waals surface area contributed by atoms with E-state index in [1.807, 2.05) is 42.5 Å². The lowest BCUT2D eigenvalue weighted by molar-refractivity contribution is -0.147. The lowest BCUT2D eigenvalue weighted by Gasteiger charge is -2.39. The molecule has 1 fully saturated rings. The molecule has 0 aliphatic carbocycles. The van der Waals surface area contributed by atoms with E-state index in [4.69, 9.17) is 4.74 Å². The lowest BCUT2D eigenvalue weighted by atomic mass is 10.0. The van der Waals surface area contributed by atoms with E-state index in [2.05, 4.69) is 15.1 Å². The summed E-state index contributed by atoms with van der Waals surface area (Å²) in [5.41, 5.74) is 0.790. The number of nitrogens with one attached hydrogen (secondary N) is 1. The van der Waals surface area contributed by atoms with E-state index in [1.165, 1.54) is 19.2 Å². The fraction of sp³-hybridized carbons (Fsp3) is 0.259. The Labute approximate surface area is 207 Å². The highest BCUT2D eigenvalue weighted by atomic mass is 19.4. The minimum Gasteiger partial charge on any atom is -0.468 e. The van der Waals surface area contributed by atoms with Gasteiger partial charge in [-0.25, -0.2) is 4.79 Å². The number of carbonyl (C=O) groups excluding carboxylic acids is 2. The molecule has 4 rings (SSSR count). The molecule has 1 unspecified atom stereocenters. The van der Waals surface area contributed by atoms with Crippen molar-refractivity contribution in [1.29, 1.82) is 0 Å². The summed E-state index contributed by atoms with van der Waals surface area (Å²) < 4.78 is 44.7. The Morgan fingerprint density at radius 1 is 0.861 bits per heavy atom. The summed E-state index contributed by atoms with van der Waals surface area (Å²) in [4.78, 5) is 29.2. The summed E-state index contributed by atoms with van der Waals surface area (Å²) in [6.07, 6.45) is -4.62. The topological polar surface area (TPSA) is 61.9 Å². The van der Waals surface area contributed by atoms with Crippen LogP contribution in [0.25, 0.3) is 0 Å². The number of nitrogens with zero attached hydrogens (tertiary/aromatic N) is 2. The van der Waals surface area contributed by atoms with E-state index in [9.17, 15) is 22.8 Å². The maximum Gasteiger partial charge on any atom is 0.417 e. The molecule has 1 N–H and O–H groups in total. The predicted molar refractivity (Wildman–Crippen MR) is 131 cm³/mol. The van der Waals surface area contributed by atoms with Gasteiger partial charge in [0.25, 0.3) is 5.91 Å². The second-order valence-electron chi connectivity index (χ2n) is 8.40. The molecule has 0 radical (unpaired) electrons. The SMILES string of the molecule is COC(=O)C(c1ccccc1)N1CCN(c2ccc(NC(=O)c3ccccc3C(F)(F)F)cc2)CC1. The van der Waals surface area contributed by atoms with Crippen molar-refractivity contribution in [3.8, 4) is 0 Å². The number of methoxy groups -OCH3 is 1. The highest BCUT2D eigenvalue weighted by Gasteiger charge is 2.35. The first-order chi connectivity index (χ1) is 17.3. The molecule has 0 saturated carbocycles. The molecule has 3 aromatic rings. The standard InChI is InChI=1S/C27H26F3N3O3/c1-36-26(35)24(19-7-3-2-4-8-19)33-17-15-32(16-18-33)21-13-11-20(12-14-21)31-25(34)22-9-5-6-10-23(22)27(28,29)30/h2-14,24H,15-18H2,1H3,(H,31,34). The molecule has 1 amide bonds. The van der Waals surface area contributed by atoms with Gasteiger partial charge >= 0.3 is 12.1 Å². The molecule has 6 nitrogen and oxygen atoms in total. The molecule has 3 aromatic carbocycles. The highest BCUT2D eigenvalue weighted by Crippen LogP contribution is 2.32. The average molecular weight is 498 g/mol. The minimum absolute atomic E-state index is 0.304. The maximum absolute atomic E-state index is 13.2. The van der Waals surface area contributed by atoms with Crippen molar-refractivity contribution in [1.82, 2.24) is 4.90 Å². The van der Waals surface area contributed by atoms with Crippen LogP contribution in [0.2, 0.25) is 0 Å². The fourth-order valence-corrected chi connectivity index (χ4v) is 4.36. The van der Waals surface area contributed by atoms with Crippen LogP contribution in [0, 0.1) is 0 Å². The van der Waals surface area contributed by atoms with E-state index in [-0.39, 0.29) is 5.97 Å². The van der Waals surface area contributed by atoms with E-state index < -0.39 is 29.3 Å². The number of ether oxygens (including phenoxy) is 1. The molecular weight excluding hydrogens is 471 g/mol. The Morgan fingerprint density at radius 3 is 2.08 bits per heavy atom. The number of benzene rings is 3. The van der Waals surface area contributed by atoms with Gasteiger partial charge in [-0.15, -0.1) is 0 Å². The van der Waals surface area contributed by atoms with E-state index in [0.29, 0.717) is 31.9 Å². The molecule has 1 saturated heterocycles. The van der Waals surface area contributed by atoms with Crippen molar-refractivity contribution in [2.45, 2.75) is 12.2 Å². The van der Waals surface area contributed by atoms with Crippen molar-refractivity contribution < 1.29 is 27.5 Å². The average Bonchev–Trinajstić information content (AvgIpc) is 2.90. The molecule has 1 aliphatic rings. The molecule has 1 heterocycles. The van der Waals surface area contributed by atoms with Crippen molar-refractivity contribution in [2.24, 2.45) is 0 Å². The van der Waals surface area contributed by atoms with Crippen LogP contribution in [0.15, 0.2) is 78.9 Å². The molecular formula is C27H26F3N3O3. The summed E-state index contributed by atoms with van der Waals surface area (Å²) in [7, 11) is 1.39. The molecule has 0 spiro atoms. The second kappa shape index (κ2) is 10.8. The number of anilines is 2. The lowest BCUT2D eigenvalue weighted by Crippen LogP contribution is -2.49. The summed E-state index contributed by atoms with van der Waals surface area (Å²) in [5.74, 6) is -1.12. The zero-order valence-corrected chi connectivity index (χ0v) is 19.7. The predicted octanol–water partition coefficient (Wildman–Crippen LogP) is 4.99. The van der Waals surface area contributed by atoms with E-state index in [0.717, 1.165) is 23.4 Å². The number of esters is 1.